The quantitative estimate of drug-likeness (QED) is 0.235. The number of nitrogens with zero attached hydrogens (tertiary/aromatic N) is 6. The van der Waals surface area contributed by atoms with Gasteiger partial charge in [0.2, 0.25) is 0 Å². The van der Waals surface area contributed by atoms with Crippen LogP contribution in [0.2, 0.25) is 0 Å². The van der Waals surface area contributed by atoms with Crippen molar-refractivity contribution in [1.82, 2.24) is 10.0 Å². The third-order valence-corrected chi connectivity index (χ3v) is 9.76. The molecule has 4 aromatic rings. The second kappa shape index (κ2) is 11.4. The number of hydrogen-bond donors (Lipinski definition) is 0. The van der Waals surface area contributed by atoms with Crippen LogP contribution in [-0.4, -0.2) is 52.1 Å². The molecule has 0 aromatic heterocycles. The Morgan fingerprint density at radius 2 is 1.57 bits per heavy atom. The topological polar surface area (TPSA) is 98.0 Å². The highest BCUT2D eigenvalue weighted by Gasteiger charge is 2.56. The average molecular weight is 623 g/mol. The fourth-order valence-corrected chi connectivity index (χ4v) is 7.37. The molecule has 0 N–H and O–H groups in total. The molecule has 234 valence electrons. The van der Waals surface area contributed by atoms with Gasteiger partial charge in [-0.1, -0.05) is 101 Å². The molecule has 3 heterocycles. The number of aryl methyl sites for hydroxylation is 2. The summed E-state index contributed by atoms with van der Waals surface area (Å²) in [7, 11) is 0. The Kier molecular flexibility index (Phi) is 7.04. The first kappa shape index (κ1) is 29.0. The fraction of sp³-hybridized carbons (Fsp3) is 0.263. The fourth-order valence-electron chi connectivity index (χ4n) is 7.37. The van der Waals surface area contributed by atoms with Crippen LogP contribution in [0, 0.1) is 19.8 Å². The van der Waals surface area contributed by atoms with E-state index in [0.29, 0.717) is 5.69 Å². The van der Waals surface area contributed by atoms with Gasteiger partial charge in [-0.25, -0.2) is 9.91 Å². The number of carbonyl (C=O) groups is 3. The number of amides is 3. The van der Waals surface area contributed by atoms with E-state index in [9.17, 15) is 14.4 Å². The highest BCUT2D eigenvalue weighted by atomic mass is 16.2. The van der Waals surface area contributed by atoms with Crippen molar-refractivity contribution in [1.29, 1.82) is 0 Å². The minimum absolute atomic E-state index is 0.0385. The van der Waals surface area contributed by atoms with Crippen LogP contribution in [0.25, 0.3) is 16.8 Å². The molecular formula is C38H34N6O3. The Balaban J connectivity index is 1.10. The summed E-state index contributed by atoms with van der Waals surface area (Å²) in [5.74, 6) is -1.13. The van der Waals surface area contributed by atoms with E-state index in [-0.39, 0.29) is 24.4 Å². The van der Waals surface area contributed by atoms with E-state index in [1.54, 1.807) is 11.1 Å². The molecule has 1 saturated heterocycles. The number of allylic oxidation sites excluding steroid dienone is 1. The van der Waals surface area contributed by atoms with Crippen molar-refractivity contribution in [2.75, 3.05) is 11.4 Å². The summed E-state index contributed by atoms with van der Waals surface area (Å²) in [5.41, 5.74) is 7.04. The van der Waals surface area contributed by atoms with Crippen molar-refractivity contribution in [3.63, 3.8) is 0 Å². The molecule has 4 unspecified atom stereocenters. The number of hydrazone groups is 1. The number of hydrogen-bond acceptors (Lipinski definition) is 7. The van der Waals surface area contributed by atoms with Crippen LogP contribution in [0.15, 0.2) is 112 Å². The molecule has 1 aliphatic carbocycles. The van der Waals surface area contributed by atoms with Gasteiger partial charge in [-0.2, -0.15) is 10.2 Å². The number of carbonyl (C=O) groups excluding carboxylic acids is 3. The molecule has 0 bridgehead atoms. The van der Waals surface area contributed by atoms with Crippen molar-refractivity contribution in [3.8, 4) is 0 Å². The van der Waals surface area contributed by atoms with Crippen LogP contribution >= 0.6 is 0 Å². The highest BCUT2D eigenvalue weighted by Crippen LogP contribution is 2.45. The van der Waals surface area contributed by atoms with Crippen LogP contribution in [0.4, 0.5) is 5.69 Å². The molecule has 4 atom stereocenters. The van der Waals surface area contributed by atoms with Crippen molar-refractivity contribution < 1.29 is 14.4 Å². The maximum Gasteiger partial charge on any atom is 0.264 e. The second-order valence-corrected chi connectivity index (χ2v) is 12.9. The van der Waals surface area contributed by atoms with Crippen LogP contribution < -0.4 is 4.90 Å². The molecule has 1 saturated carbocycles. The number of imide groups is 1. The van der Waals surface area contributed by atoms with Gasteiger partial charge in [-0.15, -0.1) is 0 Å². The normalized spacial score (nSPS) is 24.3. The molecule has 0 radical (unpaired) electrons. The van der Waals surface area contributed by atoms with Gasteiger partial charge < -0.3 is 0 Å². The molecular weight excluding hydrogens is 588 g/mol. The van der Waals surface area contributed by atoms with Gasteiger partial charge in [0.1, 0.15) is 6.54 Å². The van der Waals surface area contributed by atoms with E-state index in [0.717, 1.165) is 58.0 Å². The van der Waals surface area contributed by atoms with Gasteiger partial charge >= 0.3 is 0 Å². The molecule has 4 aliphatic rings. The molecule has 3 aliphatic heterocycles. The van der Waals surface area contributed by atoms with Crippen LogP contribution in [0.1, 0.15) is 47.6 Å². The van der Waals surface area contributed by atoms with Gasteiger partial charge in [0.25, 0.3) is 17.7 Å². The Bertz CT molecular complexity index is 2010. The SMILES string of the molecule is Cc1ccc(C=C2CCCC3C2=NN(C(=O)CN2N=NC4C(=O)N(c5cccc6ccccc56)C(=O)C42)C3c2ccc(C)cc2)cc1. The number of anilines is 1. The largest absolute Gasteiger partial charge is 0.271 e. The first-order valence-electron chi connectivity index (χ1n) is 16.1. The molecule has 9 heteroatoms. The molecule has 3 amide bonds. The van der Waals surface area contributed by atoms with Crippen LogP contribution in [-0.2, 0) is 14.4 Å². The molecule has 0 spiro atoms. The first-order valence-corrected chi connectivity index (χ1v) is 16.1. The Morgan fingerprint density at radius 3 is 2.36 bits per heavy atom. The zero-order valence-electron chi connectivity index (χ0n) is 26.3. The maximum atomic E-state index is 14.2. The highest BCUT2D eigenvalue weighted by molar-refractivity contribution is 6.27. The monoisotopic (exact) mass is 622 g/mol. The maximum absolute atomic E-state index is 14.2. The summed E-state index contributed by atoms with van der Waals surface area (Å²) in [4.78, 5) is 42.9. The predicted molar refractivity (Wildman–Crippen MR) is 180 cm³/mol. The third kappa shape index (κ3) is 4.93. The van der Waals surface area contributed by atoms with E-state index in [2.05, 4.69) is 71.9 Å². The average Bonchev–Trinajstić information content (AvgIpc) is 3.75. The van der Waals surface area contributed by atoms with Crippen molar-refractivity contribution in [3.05, 3.63) is 119 Å². The lowest BCUT2D eigenvalue weighted by Gasteiger charge is -2.30. The number of fused-ring (bicyclic) bond motifs is 3. The summed E-state index contributed by atoms with van der Waals surface area (Å²) < 4.78 is 0. The van der Waals surface area contributed by atoms with Crippen molar-refractivity contribution in [2.24, 2.45) is 21.4 Å². The van der Waals surface area contributed by atoms with Gasteiger partial charge in [0.05, 0.1) is 17.4 Å². The van der Waals surface area contributed by atoms with E-state index in [1.165, 1.54) is 15.5 Å². The molecule has 47 heavy (non-hydrogen) atoms. The lowest BCUT2D eigenvalue weighted by molar-refractivity contribution is -0.136. The van der Waals surface area contributed by atoms with Gasteiger partial charge in [-0.05, 0) is 67.3 Å². The number of benzene rings is 4. The molecule has 4 aromatic carbocycles. The molecule has 8 rings (SSSR count). The summed E-state index contributed by atoms with van der Waals surface area (Å²) in [6, 6.07) is 27.6. The standard InChI is InChI=1S/C38H34N6O3/c1-23-13-17-25(18-14-23)21-28-9-5-11-30-33(28)40-44(35(30)27-19-15-24(2)16-20-27)32(45)22-42-36-34(39-41-42)37(46)43(38(36)47)31-12-6-8-26-7-3-4-10-29(26)31/h3-4,6-8,10,12-21,30,34-36H,5,9,11,22H2,1-2H3. The first-order chi connectivity index (χ1) is 22.9. The Morgan fingerprint density at radius 1 is 0.851 bits per heavy atom. The Hall–Kier alpha value is -5.44. The minimum Gasteiger partial charge on any atom is -0.271 e. The zero-order chi connectivity index (χ0) is 32.2. The minimum atomic E-state index is -1.00. The Labute approximate surface area is 272 Å². The lowest BCUT2D eigenvalue weighted by Crippen LogP contribution is -2.45. The molecule has 2 fully saturated rings. The number of rotatable bonds is 5. The summed E-state index contributed by atoms with van der Waals surface area (Å²) in [6.07, 6.45) is 4.98. The van der Waals surface area contributed by atoms with E-state index in [4.69, 9.17) is 5.10 Å². The third-order valence-electron chi connectivity index (χ3n) is 9.76. The zero-order valence-corrected chi connectivity index (χ0v) is 26.3. The van der Waals surface area contributed by atoms with E-state index in [1.807, 2.05) is 43.3 Å². The van der Waals surface area contributed by atoms with E-state index >= 15 is 0 Å². The van der Waals surface area contributed by atoms with Gasteiger partial charge in [0, 0.05) is 11.3 Å². The van der Waals surface area contributed by atoms with Gasteiger partial charge in [-0.3, -0.25) is 19.4 Å². The molecule has 9 nitrogen and oxygen atoms in total. The lowest BCUT2D eigenvalue weighted by atomic mass is 9.77. The van der Waals surface area contributed by atoms with E-state index < -0.39 is 23.9 Å². The van der Waals surface area contributed by atoms with Crippen LogP contribution in [0.3, 0.4) is 0 Å². The summed E-state index contributed by atoms with van der Waals surface area (Å²) in [6.45, 7) is 3.89. The summed E-state index contributed by atoms with van der Waals surface area (Å²) >= 11 is 0. The van der Waals surface area contributed by atoms with Crippen LogP contribution in [0.5, 0.6) is 0 Å². The van der Waals surface area contributed by atoms with Crippen molar-refractivity contribution >= 4 is 46.0 Å². The van der Waals surface area contributed by atoms with Gasteiger partial charge in [0.15, 0.2) is 12.1 Å². The second-order valence-electron chi connectivity index (χ2n) is 12.9. The van der Waals surface area contributed by atoms with Crippen molar-refractivity contribution in [2.45, 2.75) is 51.2 Å². The smallest absolute Gasteiger partial charge is 0.264 e. The predicted octanol–water partition coefficient (Wildman–Crippen LogP) is 6.57. The summed E-state index contributed by atoms with van der Waals surface area (Å²) in [5, 5.41) is 18.1.